The van der Waals surface area contributed by atoms with E-state index in [0.717, 1.165) is 10.8 Å². The Labute approximate surface area is 163 Å². The molecule has 2 saturated heterocycles. The van der Waals surface area contributed by atoms with Crippen molar-refractivity contribution in [3.05, 3.63) is 42.5 Å². The molecule has 2 heterocycles. The van der Waals surface area contributed by atoms with Crippen molar-refractivity contribution in [2.24, 2.45) is 0 Å². The predicted octanol–water partition coefficient (Wildman–Crippen LogP) is 1.40. The largest absolute Gasteiger partial charge is 0.441 e. The number of hydrogen-bond acceptors (Lipinski definition) is 6. The maximum Gasteiger partial charge on any atom is 0.407 e. The van der Waals surface area contributed by atoms with Gasteiger partial charge in [0.15, 0.2) is 6.10 Å². The molecule has 0 aliphatic carbocycles. The molecule has 4 rings (SSSR count). The standard InChI is InChI=1S/C19H22N2O6S/c1-2-20-19(22)27-16-11-26-17-15(10-25-18(16)17)21-28(23,24)14-8-7-12-5-3-4-6-13(12)9-14/h3-9,15-18,21H,2,10-11H2,1H3,(H,20,22). The smallest absolute Gasteiger partial charge is 0.407 e. The molecule has 0 spiro atoms. The summed E-state index contributed by atoms with van der Waals surface area (Å²) in [6.07, 6.45) is -2.10. The maximum absolute atomic E-state index is 12.8. The molecule has 2 aromatic carbocycles. The highest BCUT2D eigenvalue weighted by Gasteiger charge is 2.50. The molecule has 28 heavy (non-hydrogen) atoms. The third kappa shape index (κ3) is 3.70. The summed E-state index contributed by atoms with van der Waals surface area (Å²) in [5.41, 5.74) is 0. The summed E-state index contributed by atoms with van der Waals surface area (Å²) in [5, 5.41) is 4.37. The van der Waals surface area contributed by atoms with Gasteiger partial charge in [0.05, 0.1) is 24.2 Å². The number of ether oxygens (including phenoxy) is 3. The lowest BCUT2D eigenvalue weighted by Gasteiger charge is -2.18. The zero-order valence-electron chi connectivity index (χ0n) is 15.3. The number of carbonyl (C=O) groups excluding carboxylic acids is 1. The van der Waals surface area contributed by atoms with Crippen LogP contribution >= 0.6 is 0 Å². The van der Waals surface area contributed by atoms with Crippen molar-refractivity contribution < 1.29 is 27.4 Å². The van der Waals surface area contributed by atoms with Gasteiger partial charge in [-0.25, -0.2) is 17.9 Å². The molecular weight excluding hydrogens is 384 g/mol. The summed E-state index contributed by atoms with van der Waals surface area (Å²) < 4.78 is 45.0. The highest BCUT2D eigenvalue weighted by molar-refractivity contribution is 7.89. The summed E-state index contributed by atoms with van der Waals surface area (Å²) in [6.45, 7) is 2.56. The molecular formula is C19H22N2O6S. The number of alkyl carbamates (subject to hydrolysis) is 1. The van der Waals surface area contributed by atoms with Gasteiger partial charge in [0.1, 0.15) is 12.2 Å². The number of carbonyl (C=O) groups is 1. The Morgan fingerprint density at radius 1 is 1.11 bits per heavy atom. The average molecular weight is 406 g/mol. The van der Waals surface area contributed by atoms with Crippen molar-refractivity contribution in [2.75, 3.05) is 19.8 Å². The molecule has 4 unspecified atom stereocenters. The molecule has 2 aromatic rings. The first-order chi connectivity index (χ1) is 13.5. The Hall–Kier alpha value is -2.20. The van der Waals surface area contributed by atoms with Gasteiger partial charge < -0.3 is 19.5 Å². The Morgan fingerprint density at radius 2 is 1.86 bits per heavy atom. The van der Waals surface area contributed by atoms with E-state index in [1.54, 1.807) is 25.1 Å². The Bertz CT molecular complexity index is 979. The van der Waals surface area contributed by atoms with E-state index in [4.69, 9.17) is 14.2 Å². The van der Waals surface area contributed by atoms with E-state index < -0.39 is 40.5 Å². The van der Waals surface area contributed by atoms with E-state index in [1.165, 1.54) is 0 Å². The number of fused-ring (bicyclic) bond motifs is 2. The molecule has 2 aliphatic heterocycles. The van der Waals surface area contributed by atoms with Gasteiger partial charge in [-0.2, -0.15) is 0 Å². The second kappa shape index (κ2) is 7.67. The molecule has 1 amide bonds. The molecule has 2 aliphatic rings. The topological polar surface area (TPSA) is 103 Å². The molecule has 150 valence electrons. The third-order valence-corrected chi connectivity index (χ3v) is 6.41. The fraction of sp³-hybridized carbons (Fsp3) is 0.421. The average Bonchev–Trinajstić information content (AvgIpc) is 3.25. The van der Waals surface area contributed by atoms with Crippen molar-refractivity contribution in [3.8, 4) is 0 Å². The molecule has 4 atom stereocenters. The van der Waals surface area contributed by atoms with E-state index in [0.29, 0.717) is 6.54 Å². The minimum atomic E-state index is -3.75. The quantitative estimate of drug-likeness (QED) is 0.778. The molecule has 0 saturated carbocycles. The summed E-state index contributed by atoms with van der Waals surface area (Å²) in [6, 6.07) is 12.0. The number of rotatable bonds is 5. The lowest BCUT2D eigenvalue weighted by molar-refractivity contribution is 0.00428. The van der Waals surface area contributed by atoms with Gasteiger partial charge in [0, 0.05) is 6.54 Å². The number of hydrogen-bond donors (Lipinski definition) is 2. The first-order valence-electron chi connectivity index (χ1n) is 9.17. The van der Waals surface area contributed by atoms with Gasteiger partial charge in [-0.3, -0.25) is 0 Å². The monoisotopic (exact) mass is 406 g/mol. The highest BCUT2D eigenvalue weighted by atomic mass is 32.2. The van der Waals surface area contributed by atoms with Gasteiger partial charge in [-0.1, -0.05) is 30.3 Å². The third-order valence-electron chi connectivity index (χ3n) is 4.93. The zero-order valence-corrected chi connectivity index (χ0v) is 16.1. The van der Waals surface area contributed by atoms with Crippen molar-refractivity contribution in [3.63, 3.8) is 0 Å². The van der Waals surface area contributed by atoms with E-state index in [2.05, 4.69) is 10.0 Å². The van der Waals surface area contributed by atoms with E-state index >= 15 is 0 Å². The number of nitrogens with one attached hydrogen (secondary N) is 2. The number of sulfonamides is 1. The first kappa shape index (κ1) is 19.1. The number of amides is 1. The fourth-order valence-corrected chi connectivity index (χ4v) is 4.86. The summed E-state index contributed by atoms with van der Waals surface area (Å²) >= 11 is 0. The molecule has 0 bridgehead atoms. The zero-order chi connectivity index (χ0) is 19.7. The fourth-order valence-electron chi connectivity index (χ4n) is 3.59. The Kier molecular flexibility index (Phi) is 5.24. The summed E-state index contributed by atoms with van der Waals surface area (Å²) in [5.74, 6) is 0. The SMILES string of the molecule is CCNC(=O)OC1COC2C(NS(=O)(=O)c3ccc4ccccc4c3)COC12. The van der Waals surface area contributed by atoms with Crippen LogP contribution in [-0.2, 0) is 24.2 Å². The van der Waals surface area contributed by atoms with E-state index in [1.807, 2.05) is 24.3 Å². The Balaban J connectivity index is 1.46. The predicted molar refractivity (Wildman–Crippen MR) is 101 cm³/mol. The van der Waals surface area contributed by atoms with Gasteiger partial charge in [-0.15, -0.1) is 0 Å². The Morgan fingerprint density at radius 3 is 2.64 bits per heavy atom. The van der Waals surface area contributed by atoms with Crippen LogP contribution in [0.2, 0.25) is 0 Å². The van der Waals surface area contributed by atoms with Crippen LogP contribution in [0.1, 0.15) is 6.92 Å². The minimum absolute atomic E-state index is 0.150. The molecule has 0 aromatic heterocycles. The van der Waals surface area contributed by atoms with Gasteiger partial charge in [-0.05, 0) is 29.8 Å². The van der Waals surface area contributed by atoms with Gasteiger partial charge in [0.2, 0.25) is 10.0 Å². The van der Waals surface area contributed by atoms with Crippen LogP contribution in [0.15, 0.2) is 47.4 Å². The summed E-state index contributed by atoms with van der Waals surface area (Å²) in [7, 11) is -3.75. The van der Waals surface area contributed by atoms with Crippen molar-refractivity contribution in [1.82, 2.24) is 10.0 Å². The van der Waals surface area contributed by atoms with Crippen molar-refractivity contribution in [2.45, 2.75) is 36.2 Å². The van der Waals surface area contributed by atoms with E-state index in [9.17, 15) is 13.2 Å². The van der Waals surface area contributed by atoms with E-state index in [-0.39, 0.29) is 18.1 Å². The van der Waals surface area contributed by atoms with Crippen LogP contribution in [0, 0.1) is 0 Å². The van der Waals surface area contributed by atoms with Crippen LogP contribution in [0.5, 0.6) is 0 Å². The molecule has 8 nitrogen and oxygen atoms in total. The molecule has 9 heteroatoms. The second-order valence-electron chi connectivity index (χ2n) is 6.81. The lowest BCUT2D eigenvalue weighted by Crippen LogP contribution is -2.44. The molecule has 2 N–H and O–H groups in total. The van der Waals surface area contributed by atoms with Crippen LogP contribution in [0.3, 0.4) is 0 Å². The van der Waals surface area contributed by atoms with Crippen LogP contribution in [0.25, 0.3) is 10.8 Å². The summed E-state index contributed by atoms with van der Waals surface area (Å²) in [4.78, 5) is 11.8. The van der Waals surface area contributed by atoms with Crippen LogP contribution in [-0.4, -0.2) is 58.6 Å². The van der Waals surface area contributed by atoms with Gasteiger partial charge >= 0.3 is 6.09 Å². The minimum Gasteiger partial charge on any atom is -0.441 e. The highest BCUT2D eigenvalue weighted by Crippen LogP contribution is 2.30. The second-order valence-corrected chi connectivity index (χ2v) is 8.52. The van der Waals surface area contributed by atoms with Gasteiger partial charge in [0.25, 0.3) is 0 Å². The number of benzene rings is 2. The van der Waals surface area contributed by atoms with Crippen molar-refractivity contribution >= 4 is 26.9 Å². The normalized spacial score (nSPS) is 26.9. The molecule has 2 fully saturated rings. The molecule has 0 radical (unpaired) electrons. The maximum atomic E-state index is 12.8. The van der Waals surface area contributed by atoms with Crippen LogP contribution < -0.4 is 10.0 Å². The van der Waals surface area contributed by atoms with Crippen molar-refractivity contribution in [1.29, 1.82) is 0 Å². The lowest BCUT2D eigenvalue weighted by atomic mass is 10.1. The first-order valence-corrected chi connectivity index (χ1v) is 10.6. The van der Waals surface area contributed by atoms with Crippen LogP contribution in [0.4, 0.5) is 4.79 Å².